The standard InChI is InChI=1S/C11H11F3O4S/c1-7(10(15)16)6-19(17,18)9-5-3-2-4-8(9)11(12,13)14/h2-5,7H,6H2,1H3,(H,15,16). The number of sulfone groups is 1. The van der Waals surface area contributed by atoms with Gasteiger partial charge in [0.2, 0.25) is 0 Å². The lowest BCUT2D eigenvalue weighted by Crippen LogP contribution is -2.23. The lowest BCUT2D eigenvalue weighted by atomic mass is 10.2. The van der Waals surface area contributed by atoms with E-state index < -0.39 is 44.1 Å². The summed E-state index contributed by atoms with van der Waals surface area (Å²) < 4.78 is 61.8. The van der Waals surface area contributed by atoms with Crippen LogP contribution in [0.4, 0.5) is 13.2 Å². The summed E-state index contributed by atoms with van der Waals surface area (Å²) in [5.41, 5.74) is -1.28. The van der Waals surface area contributed by atoms with Gasteiger partial charge in [-0.2, -0.15) is 13.2 Å². The van der Waals surface area contributed by atoms with Crippen molar-refractivity contribution in [1.82, 2.24) is 0 Å². The van der Waals surface area contributed by atoms with Crippen molar-refractivity contribution in [3.05, 3.63) is 29.8 Å². The van der Waals surface area contributed by atoms with Crippen LogP contribution < -0.4 is 0 Å². The van der Waals surface area contributed by atoms with Crippen LogP contribution in [0.25, 0.3) is 0 Å². The molecule has 106 valence electrons. The lowest BCUT2D eigenvalue weighted by molar-refractivity contribution is -0.140. The molecule has 1 unspecified atom stereocenters. The van der Waals surface area contributed by atoms with Crippen LogP contribution in [-0.2, 0) is 20.8 Å². The predicted molar refractivity (Wildman–Crippen MR) is 60.3 cm³/mol. The van der Waals surface area contributed by atoms with Crippen molar-refractivity contribution in [2.45, 2.75) is 18.0 Å². The molecule has 19 heavy (non-hydrogen) atoms. The lowest BCUT2D eigenvalue weighted by Gasteiger charge is -2.14. The Bertz CT molecular complexity index is 578. The number of carboxylic acid groups (broad SMARTS) is 1. The van der Waals surface area contributed by atoms with Gasteiger partial charge >= 0.3 is 12.1 Å². The van der Waals surface area contributed by atoms with Crippen molar-refractivity contribution >= 4 is 15.8 Å². The minimum absolute atomic E-state index is 0.651. The van der Waals surface area contributed by atoms with Crippen LogP contribution in [0.5, 0.6) is 0 Å². The normalized spacial score (nSPS) is 14.1. The molecule has 0 saturated heterocycles. The second-order valence-electron chi connectivity index (χ2n) is 4.01. The molecule has 1 aromatic carbocycles. The number of rotatable bonds is 4. The van der Waals surface area contributed by atoms with Gasteiger partial charge in [0.05, 0.1) is 22.1 Å². The molecule has 0 aliphatic heterocycles. The fourth-order valence-corrected chi connectivity index (χ4v) is 3.25. The first-order valence-electron chi connectivity index (χ1n) is 5.17. The average Bonchev–Trinajstić information content (AvgIpc) is 2.27. The van der Waals surface area contributed by atoms with Gasteiger partial charge in [-0.15, -0.1) is 0 Å². The molecule has 0 fully saturated rings. The zero-order valence-corrected chi connectivity index (χ0v) is 10.6. The van der Waals surface area contributed by atoms with Crippen molar-refractivity contribution in [2.24, 2.45) is 5.92 Å². The van der Waals surface area contributed by atoms with E-state index in [9.17, 15) is 26.4 Å². The Morgan fingerprint density at radius 3 is 2.32 bits per heavy atom. The van der Waals surface area contributed by atoms with E-state index in [1.165, 1.54) is 0 Å². The van der Waals surface area contributed by atoms with Gasteiger partial charge in [0, 0.05) is 0 Å². The van der Waals surface area contributed by atoms with E-state index in [1.807, 2.05) is 0 Å². The van der Waals surface area contributed by atoms with Crippen LogP contribution in [0.15, 0.2) is 29.2 Å². The first-order valence-corrected chi connectivity index (χ1v) is 6.82. The van der Waals surface area contributed by atoms with Crippen molar-refractivity contribution in [3.8, 4) is 0 Å². The molecule has 1 N–H and O–H groups in total. The molecule has 8 heteroatoms. The molecule has 1 atom stereocenters. The Morgan fingerprint density at radius 1 is 1.32 bits per heavy atom. The molecule has 0 heterocycles. The maximum Gasteiger partial charge on any atom is 0.417 e. The van der Waals surface area contributed by atoms with E-state index >= 15 is 0 Å². The van der Waals surface area contributed by atoms with E-state index in [2.05, 4.69) is 0 Å². The minimum atomic E-state index is -4.81. The van der Waals surface area contributed by atoms with Crippen LogP contribution in [-0.4, -0.2) is 25.2 Å². The number of halogens is 3. The number of carboxylic acids is 1. The summed E-state index contributed by atoms with van der Waals surface area (Å²) in [6.45, 7) is 1.12. The van der Waals surface area contributed by atoms with Crippen LogP contribution >= 0.6 is 0 Å². The Kier molecular flexibility index (Phi) is 4.24. The molecular formula is C11H11F3O4S. The van der Waals surface area contributed by atoms with Crippen molar-refractivity contribution in [1.29, 1.82) is 0 Å². The number of benzene rings is 1. The zero-order chi connectivity index (χ0) is 14.8. The summed E-state index contributed by atoms with van der Waals surface area (Å²) in [4.78, 5) is 9.71. The van der Waals surface area contributed by atoms with Gasteiger partial charge in [-0.05, 0) is 12.1 Å². The third-order valence-electron chi connectivity index (χ3n) is 2.42. The minimum Gasteiger partial charge on any atom is -0.481 e. The number of alkyl halides is 3. The fraction of sp³-hybridized carbons (Fsp3) is 0.364. The van der Waals surface area contributed by atoms with E-state index in [4.69, 9.17) is 5.11 Å². The van der Waals surface area contributed by atoms with E-state index in [0.717, 1.165) is 25.1 Å². The predicted octanol–water partition coefficient (Wildman–Crippen LogP) is 2.20. The van der Waals surface area contributed by atoms with Crippen molar-refractivity contribution < 1.29 is 31.5 Å². The second-order valence-corrected chi connectivity index (χ2v) is 6.02. The molecular weight excluding hydrogens is 285 g/mol. The zero-order valence-electron chi connectivity index (χ0n) is 9.81. The maximum atomic E-state index is 12.7. The molecule has 0 aromatic heterocycles. The summed E-state index contributed by atoms with van der Waals surface area (Å²) in [5, 5.41) is 8.63. The number of hydrogen-bond donors (Lipinski definition) is 1. The third-order valence-corrected chi connectivity index (χ3v) is 4.38. The molecule has 4 nitrogen and oxygen atoms in total. The smallest absolute Gasteiger partial charge is 0.417 e. The van der Waals surface area contributed by atoms with E-state index in [1.54, 1.807) is 0 Å². The molecule has 0 aliphatic carbocycles. The SMILES string of the molecule is CC(CS(=O)(=O)c1ccccc1C(F)(F)F)C(=O)O. The highest BCUT2D eigenvalue weighted by Crippen LogP contribution is 2.34. The summed E-state index contributed by atoms with van der Waals surface area (Å²) in [7, 11) is -4.32. The largest absolute Gasteiger partial charge is 0.481 e. The first kappa shape index (κ1) is 15.5. The molecule has 0 bridgehead atoms. The van der Waals surface area contributed by atoms with Gasteiger partial charge in [0.1, 0.15) is 0 Å². The summed E-state index contributed by atoms with van der Waals surface area (Å²) >= 11 is 0. The van der Waals surface area contributed by atoms with Crippen LogP contribution in [0, 0.1) is 5.92 Å². The van der Waals surface area contributed by atoms with E-state index in [0.29, 0.717) is 6.07 Å². The summed E-state index contributed by atoms with van der Waals surface area (Å²) in [6.07, 6.45) is -4.81. The maximum absolute atomic E-state index is 12.7. The molecule has 0 amide bonds. The molecule has 0 saturated carbocycles. The highest BCUT2D eigenvalue weighted by atomic mass is 32.2. The van der Waals surface area contributed by atoms with Gasteiger partial charge in [-0.3, -0.25) is 4.79 Å². The van der Waals surface area contributed by atoms with Gasteiger partial charge in [0.15, 0.2) is 9.84 Å². The Balaban J connectivity index is 3.27. The average molecular weight is 296 g/mol. The highest BCUT2D eigenvalue weighted by Gasteiger charge is 2.37. The quantitative estimate of drug-likeness (QED) is 0.924. The third kappa shape index (κ3) is 3.69. The molecule has 0 spiro atoms. The fourth-order valence-electron chi connectivity index (χ4n) is 1.46. The Hall–Kier alpha value is -1.57. The van der Waals surface area contributed by atoms with Gasteiger partial charge in [-0.1, -0.05) is 19.1 Å². The molecule has 0 radical (unpaired) electrons. The highest BCUT2D eigenvalue weighted by molar-refractivity contribution is 7.91. The van der Waals surface area contributed by atoms with Gasteiger partial charge in [0.25, 0.3) is 0 Å². The molecule has 0 aliphatic rings. The van der Waals surface area contributed by atoms with Crippen LogP contribution in [0.1, 0.15) is 12.5 Å². The first-order chi connectivity index (χ1) is 8.55. The molecule has 1 aromatic rings. The monoisotopic (exact) mass is 296 g/mol. The molecule has 1 rings (SSSR count). The summed E-state index contributed by atoms with van der Waals surface area (Å²) in [6, 6.07) is 3.71. The number of carbonyl (C=O) groups is 1. The van der Waals surface area contributed by atoms with Crippen molar-refractivity contribution in [2.75, 3.05) is 5.75 Å². The van der Waals surface area contributed by atoms with E-state index in [-0.39, 0.29) is 0 Å². The van der Waals surface area contributed by atoms with Gasteiger partial charge < -0.3 is 5.11 Å². The summed E-state index contributed by atoms with van der Waals surface area (Å²) in [5.74, 6) is -3.55. The van der Waals surface area contributed by atoms with Crippen LogP contribution in [0.2, 0.25) is 0 Å². The Labute approximate surface area is 107 Å². The topological polar surface area (TPSA) is 71.4 Å². The van der Waals surface area contributed by atoms with Gasteiger partial charge in [-0.25, -0.2) is 8.42 Å². The number of aliphatic carboxylic acids is 1. The van der Waals surface area contributed by atoms with Crippen molar-refractivity contribution in [3.63, 3.8) is 0 Å². The Morgan fingerprint density at radius 2 is 1.84 bits per heavy atom. The van der Waals surface area contributed by atoms with Crippen LogP contribution in [0.3, 0.4) is 0 Å². The second kappa shape index (κ2) is 5.20. The number of hydrogen-bond acceptors (Lipinski definition) is 3.